The van der Waals surface area contributed by atoms with Gasteiger partial charge in [-0.05, 0) is 37.8 Å². The van der Waals surface area contributed by atoms with Crippen molar-refractivity contribution in [2.75, 3.05) is 6.54 Å². The third-order valence-corrected chi connectivity index (χ3v) is 2.99. The Morgan fingerprint density at radius 2 is 2.29 bits per heavy atom. The molecule has 0 aliphatic rings. The molecule has 0 saturated carbocycles. The Labute approximate surface area is 103 Å². The molecule has 1 unspecified atom stereocenters. The molecule has 1 aromatic rings. The van der Waals surface area contributed by atoms with Crippen LogP contribution in [0.4, 0.5) is 0 Å². The molecule has 1 aromatic heterocycles. The summed E-state index contributed by atoms with van der Waals surface area (Å²) in [6, 6.07) is 0. The van der Waals surface area contributed by atoms with Crippen molar-refractivity contribution >= 4 is 5.78 Å². The first-order valence-corrected chi connectivity index (χ1v) is 6.38. The number of carbonyl (C=O) groups is 1. The zero-order valence-electron chi connectivity index (χ0n) is 10.9. The molecule has 0 radical (unpaired) electrons. The fraction of sp³-hybridized carbons (Fsp3) is 0.692. The van der Waals surface area contributed by atoms with Crippen molar-refractivity contribution in [2.24, 2.45) is 11.7 Å². The van der Waals surface area contributed by atoms with Gasteiger partial charge in [-0.3, -0.25) is 9.48 Å². The first kappa shape index (κ1) is 13.9. The number of aryl methyl sites for hydroxylation is 1. The summed E-state index contributed by atoms with van der Waals surface area (Å²) in [6.45, 7) is 5.74. The molecule has 0 aliphatic carbocycles. The molecule has 1 heterocycles. The molecule has 4 nitrogen and oxygen atoms in total. The van der Waals surface area contributed by atoms with E-state index < -0.39 is 0 Å². The molecule has 4 heteroatoms. The molecule has 17 heavy (non-hydrogen) atoms. The van der Waals surface area contributed by atoms with E-state index in [1.807, 2.05) is 17.8 Å². The molecule has 96 valence electrons. The number of carbonyl (C=O) groups excluding carboxylic acids is 1. The lowest BCUT2D eigenvalue weighted by Gasteiger charge is -2.08. The zero-order valence-corrected chi connectivity index (χ0v) is 10.9. The molecule has 0 bridgehead atoms. The molecule has 0 aromatic carbocycles. The van der Waals surface area contributed by atoms with E-state index in [0.717, 1.165) is 24.9 Å². The molecular weight excluding hydrogens is 214 g/mol. The predicted octanol–water partition coefficient (Wildman–Crippen LogP) is 1.78. The van der Waals surface area contributed by atoms with E-state index in [2.05, 4.69) is 12.0 Å². The van der Waals surface area contributed by atoms with Gasteiger partial charge in [0.1, 0.15) is 5.78 Å². The van der Waals surface area contributed by atoms with Crippen molar-refractivity contribution in [3.63, 3.8) is 0 Å². The van der Waals surface area contributed by atoms with Gasteiger partial charge in [-0.2, -0.15) is 5.10 Å². The van der Waals surface area contributed by atoms with Crippen LogP contribution in [0.25, 0.3) is 0 Å². The number of nitrogens with zero attached hydrogens (tertiary/aromatic N) is 2. The van der Waals surface area contributed by atoms with Gasteiger partial charge in [0.25, 0.3) is 0 Å². The van der Waals surface area contributed by atoms with Crippen molar-refractivity contribution < 1.29 is 4.79 Å². The summed E-state index contributed by atoms with van der Waals surface area (Å²) in [5.41, 5.74) is 6.50. The number of hydrogen-bond acceptors (Lipinski definition) is 3. The lowest BCUT2D eigenvalue weighted by atomic mass is 9.98. The molecule has 1 atom stereocenters. The summed E-state index contributed by atoms with van der Waals surface area (Å²) in [4.78, 5) is 11.8. The minimum absolute atomic E-state index is 0.296. The van der Waals surface area contributed by atoms with Crippen molar-refractivity contribution in [1.82, 2.24) is 9.78 Å². The van der Waals surface area contributed by atoms with Gasteiger partial charge < -0.3 is 5.73 Å². The van der Waals surface area contributed by atoms with E-state index in [0.29, 0.717) is 31.1 Å². The Bertz CT molecular complexity index is 346. The summed E-state index contributed by atoms with van der Waals surface area (Å²) >= 11 is 0. The second-order valence-electron chi connectivity index (χ2n) is 4.64. The Hall–Kier alpha value is -1.16. The lowest BCUT2D eigenvalue weighted by molar-refractivity contribution is -0.118. The minimum atomic E-state index is 0.296. The number of Topliss-reactive ketones (excluding diaryl/α,β-unsaturated/α-hetero) is 1. The minimum Gasteiger partial charge on any atom is -0.330 e. The van der Waals surface area contributed by atoms with Crippen LogP contribution in [-0.4, -0.2) is 22.1 Å². The van der Waals surface area contributed by atoms with Crippen LogP contribution < -0.4 is 5.73 Å². The smallest absolute Gasteiger partial charge is 0.137 e. The molecule has 2 N–H and O–H groups in total. The summed E-state index contributed by atoms with van der Waals surface area (Å²) in [6.07, 6.45) is 6.83. The molecule has 0 amide bonds. The summed E-state index contributed by atoms with van der Waals surface area (Å²) in [5, 5.41) is 4.16. The molecular formula is C13H23N3O. The topological polar surface area (TPSA) is 60.9 Å². The zero-order chi connectivity index (χ0) is 12.7. The van der Waals surface area contributed by atoms with E-state index in [1.165, 1.54) is 0 Å². The number of ketones is 1. The van der Waals surface area contributed by atoms with E-state index in [4.69, 9.17) is 5.73 Å². The number of aromatic nitrogens is 2. The second kappa shape index (κ2) is 7.22. The van der Waals surface area contributed by atoms with Gasteiger partial charge in [-0.25, -0.2) is 0 Å². The SMILES string of the molecule is CCn1cc(CC(=O)CCC(C)CCN)cn1. The molecule has 0 aliphatic heterocycles. The van der Waals surface area contributed by atoms with Crippen molar-refractivity contribution in [2.45, 2.75) is 46.1 Å². The van der Waals surface area contributed by atoms with Crippen LogP contribution in [0.15, 0.2) is 12.4 Å². The third kappa shape index (κ3) is 5.13. The highest BCUT2D eigenvalue weighted by atomic mass is 16.1. The van der Waals surface area contributed by atoms with Gasteiger partial charge in [-0.15, -0.1) is 0 Å². The van der Waals surface area contributed by atoms with Crippen molar-refractivity contribution in [3.8, 4) is 0 Å². The summed E-state index contributed by atoms with van der Waals surface area (Å²) in [7, 11) is 0. The average Bonchev–Trinajstić information content (AvgIpc) is 2.74. The summed E-state index contributed by atoms with van der Waals surface area (Å²) in [5.74, 6) is 0.840. The van der Waals surface area contributed by atoms with E-state index in [9.17, 15) is 4.79 Å². The predicted molar refractivity (Wildman–Crippen MR) is 68.7 cm³/mol. The fourth-order valence-corrected chi connectivity index (χ4v) is 1.82. The van der Waals surface area contributed by atoms with Crippen LogP contribution in [0, 0.1) is 5.92 Å². The first-order chi connectivity index (χ1) is 8.15. The highest BCUT2D eigenvalue weighted by molar-refractivity contribution is 5.80. The number of hydrogen-bond donors (Lipinski definition) is 1. The number of nitrogens with two attached hydrogens (primary N) is 1. The second-order valence-corrected chi connectivity index (χ2v) is 4.64. The van der Waals surface area contributed by atoms with Gasteiger partial charge in [0.05, 0.1) is 6.20 Å². The molecule has 1 rings (SSSR count). The largest absolute Gasteiger partial charge is 0.330 e. The van der Waals surface area contributed by atoms with E-state index in [-0.39, 0.29) is 0 Å². The van der Waals surface area contributed by atoms with Crippen LogP contribution in [0.5, 0.6) is 0 Å². The molecule has 0 spiro atoms. The van der Waals surface area contributed by atoms with Gasteiger partial charge in [0.2, 0.25) is 0 Å². The Kier molecular flexibility index (Phi) is 5.91. The number of rotatable bonds is 8. The molecule has 0 fully saturated rings. The maximum atomic E-state index is 11.8. The Morgan fingerprint density at radius 3 is 2.88 bits per heavy atom. The van der Waals surface area contributed by atoms with Gasteiger partial charge in [0, 0.05) is 25.6 Å². The highest BCUT2D eigenvalue weighted by Crippen LogP contribution is 2.11. The normalized spacial score (nSPS) is 12.6. The van der Waals surface area contributed by atoms with Crippen LogP contribution in [0.3, 0.4) is 0 Å². The van der Waals surface area contributed by atoms with Gasteiger partial charge >= 0.3 is 0 Å². The first-order valence-electron chi connectivity index (χ1n) is 6.38. The van der Waals surface area contributed by atoms with Crippen molar-refractivity contribution in [1.29, 1.82) is 0 Å². The third-order valence-electron chi connectivity index (χ3n) is 2.99. The van der Waals surface area contributed by atoms with Gasteiger partial charge in [0.15, 0.2) is 0 Å². The quantitative estimate of drug-likeness (QED) is 0.749. The monoisotopic (exact) mass is 237 g/mol. The highest BCUT2D eigenvalue weighted by Gasteiger charge is 2.08. The standard InChI is InChI=1S/C13H23N3O/c1-3-16-10-12(9-15-16)8-13(17)5-4-11(2)6-7-14/h9-11H,3-8,14H2,1-2H3. The van der Waals surface area contributed by atoms with E-state index >= 15 is 0 Å². The average molecular weight is 237 g/mol. The molecule has 0 saturated heterocycles. The van der Waals surface area contributed by atoms with Crippen LogP contribution >= 0.6 is 0 Å². The Morgan fingerprint density at radius 1 is 1.53 bits per heavy atom. The van der Waals surface area contributed by atoms with Crippen molar-refractivity contribution in [3.05, 3.63) is 18.0 Å². The van der Waals surface area contributed by atoms with Gasteiger partial charge in [-0.1, -0.05) is 6.92 Å². The van der Waals surface area contributed by atoms with Crippen LogP contribution in [-0.2, 0) is 17.8 Å². The summed E-state index contributed by atoms with van der Waals surface area (Å²) < 4.78 is 1.85. The fourth-order valence-electron chi connectivity index (χ4n) is 1.82. The lowest BCUT2D eigenvalue weighted by Crippen LogP contribution is -2.09. The van der Waals surface area contributed by atoms with Crippen LogP contribution in [0.1, 0.15) is 38.7 Å². The maximum Gasteiger partial charge on any atom is 0.137 e. The Balaban J connectivity index is 2.29. The van der Waals surface area contributed by atoms with Crippen LogP contribution in [0.2, 0.25) is 0 Å². The van der Waals surface area contributed by atoms with E-state index in [1.54, 1.807) is 6.20 Å². The maximum absolute atomic E-state index is 11.8.